The van der Waals surface area contributed by atoms with E-state index in [1.807, 2.05) is 37.3 Å². The molecule has 0 saturated carbocycles. The van der Waals surface area contributed by atoms with Gasteiger partial charge in [0.1, 0.15) is 16.4 Å². The number of halogens is 1. The number of hydrogen-bond donors (Lipinski definition) is 1. The maximum absolute atomic E-state index is 12.7. The van der Waals surface area contributed by atoms with Gasteiger partial charge in [-0.3, -0.25) is 4.79 Å². The van der Waals surface area contributed by atoms with Crippen molar-refractivity contribution >= 4 is 23.2 Å². The van der Waals surface area contributed by atoms with Crippen molar-refractivity contribution in [1.29, 1.82) is 0 Å². The van der Waals surface area contributed by atoms with E-state index in [0.29, 0.717) is 23.6 Å². The first-order chi connectivity index (χ1) is 11.0. The summed E-state index contributed by atoms with van der Waals surface area (Å²) in [5, 5.41) is 2.85. The minimum Gasteiger partial charge on any atom is -0.497 e. The molecule has 0 aliphatic rings. The zero-order chi connectivity index (χ0) is 16.9. The molecule has 0 radical (unpaired) electrons. The van der Waals surface area contributed by atoms with Gasteiger partial charge in [-0.25, -0.2) is 0 Å². The number of methoxy groups -OCH3 is 2. The van der Waals surface area contributed by atoms with Crippen molar-refractivity contribution < 1.29 is 14.3 Å². The number of alkyl halides is 1. The number of benzene rings is 2. The number of rotatable bonds is 6. The van der Waals surface area contributed by atoms with Crippen LogP contribution in [0.3, 0.4) is 0 Å². The Hall–Kier alpha value is -2.20. The molecule has 23 heavy (non-hydrogen) atoms. The van der Waals surface area contributed by atoms with Crippen LogP contribution in [0.4, 0.5) is 5.69 Å². The second kappa shape index (κ2) is 7.38. The predicted octanol–water partition coefficient (Wildman–Crippen LogP) is 4.19. The molecule has 0 bridgehead atoms. The van der Waals surface area contributed by atoms with Crippen molar-refractivity contribution in [2.45, 2.75) is 18.2 Å². The highest BCUT2D eigenvalue weighted by Gasteiger charge is 2.36. The van der Waals surface area contributed by atoms with Crippen LogP contribution in [0.15, 0.2) is 48.5 Å². The Kier molecular flexibility index (Phi) is 5.50. The van der Waals surface area contributed by atoms with Crippen LogP contribution in [-0.4, -0.2) is 20.1 Å². The van der Waals surface area contributed by atoms with Gasteiger partial charge in [0, 0.05) is 23.9 Å². The predicted molar refractivity (Wildman–Crippen MR) is 92.4 cm³/mol. The van der Waals surface area contributed by atoms with Crippen LogP contribution in [-0.2, 0) is 9.67 Å². The molecule has 0 aromatic heterocycles. The molecular weight excluding hydrogens is 314 g/mol. The lowest BCUT2D eigenvalue weighted by Crippen LogP contribution is -2.34. The third kappa shape index (κ3) is 3.77. The molecule has 1 unspecified atom stereocenters. The molecule has 0 aliphatic carbocycles. The van der Waals surface area contributed by atoms with Crippen LogP contribution >= 0.6 is 11.6 Å². The molecule has 0 saturated heterocycles. The normalized spacial score (nSPS) is 13.0. The summed E-state index contributed by atoms with van der Waals surface area (Å²) in [5.74, 6) is 0.898. The Morgan fingerprint density at radius 1 is 1.09 bits per heavy atom. The first kappa shape index (κ1) is 17.2. The molecule has 0 aliphatic heterocycles. The molecule has 122 valence electrons. The highest BCUT2D eigenvalue weighted by molar-refractivity contribution is 6.36. The number of ether oxygens (including phenoxy) is 2. The first-order valence-corrected chi connectivity index (χ1v) is 7.70. The maximum Gasteiger partial charge on any atom is 0.250 e. The van der Waals surface area contributed by atoms with E-state index < -0.39 is 4.87 Å². The van der Waals surface area contributed by atoms with E-state index in [4.69, 9.17) is 21.1 Å². The number of nitrogens with one attached hydrogen (secondary N) is 1. The van der Waals surface area contributed by atoms with E-state index in [2.05, 4.69) is 5.32 Å². The van der Waals surface area contributed by atoms with Crippen molar-refractivity contribution in [2.75, 3.05) is 19.5 Å². The van der Waals surface area contributed by atoms with Gasteiger partial charge >= 0.3 is 0 Å². The Balaban J connectivity index is 2.30. The van der Waals surface area contributed by atoms with Gasteiger partial charge in [0.25, 0.3) is 0 Å². The molecular formula is C18H20ClNO3. The van der Waals surface area contributed by atoms with Crippen molar-refractivity contribution in [3.8, 4) is 11.5 Å². The van der Waals surface area contributed by atoms with Gasteiger partial charge in [0.15, 0.2) is 0 Å². The molecule has 5 heteroatoms. The van der Waals surface area contributed by atoms with Gasteiger partial charge in [-0.05, 0) is 12.0 Å². The van der Waals surface area contributed by atoms with Crippen LogP contribution in [0.1, 0.15) is 18.9 Å². The topological polar surface area (TPSA) is 47.6 Å². The van der Waals surface area contributed by atoms with Gasteiger partial charge < -0.3 is 14.8 Å². The van der Waals surface area contributed by atoms with E-state index in [1.165, 1.54) is 0 Å². The van der Waals surface area contributed by atoms with Crippen LogP contribution < -0.4 is 14.8 Å². The quantitative estimate of drug-likeness (QED) is 0.806. The summed E-state index contributed by atoms with van der Waals surface area (Å²) >= 11 is 6.62. The molecule has 0 heterocycles. The monoisotopic (exact) mass is 333 g/mol. The van der Waals surface area contributed by atoms with E-state index >= 15 is 0 Å². The summed E-state index contributed by atoms with van der Waals surface area (Å²) in [4.78, 5) is 11.6. The average molecular weight is 334 g/mol. The van der Waals surface area contributed by atoms with E-state index in [-0.39, 0.29) is 5.91 Å². The summed E-state index contributed by atoms with van der Waals surface area (Å²) in [5.41, 5.74) is 1.33. The SMILES string of the molecule is CCC(Cl)(C(=O)Nc1cc(OC)cc(OC)c1)c1ccccc1. The zero-order valence-corrected chi connectivity index (χ0v) is 14.2. The van der Waals surface area contributed by atoms with Crippen molar-refractivity contribution in [3.05, 3.63) is 54.1 Å². The molecule has 2 aromatic carbocycles. The van der Waals surface area contributed by atoms with E-state index in [0.717, 1.165) is 5.56 Å². The molecule has 2 aromatic rings. The summed E-state index contributed by atoms with van der Waals surface area (Å²) in [6.07, 6.45) is 0.464. The molecule has 0 spiro atoms. The maximum atomic E-state index is 12.7. The number of carbonyl (C=O) groups is 1. The fourth-order valence-electron chi connectivity index (χ4n) is 2.31. The summed E-state index contributed by atoms with van der Waals surface area (Å²) < 4.78 is 10.4. The van der Waals surface area contributed by atoms with Gasteiger partial charge in [0.2, 0.25) is 5.91 Å². The molecule has 1 amide bonds. The van der Waals surface area contributed by atoms with Crippen molar-refractivity contribution in [1.82, 2.24) is 0 Å². The van der Waals surface area contributed by atoms with Crippen LogP contribution in [0, 0.1) is 0 Å². The lowest BCUT2D eigenvalue weighted by molar-refractivity contribution is -0.119. The standard InChI is InChI=1S/C18H20ClNO3/c1-4-18(19,13-8-6-5-7-9-13)17(21)20-14-10-15(22-2)12-16(11-14)23-3/h5-12H,4H2,1-3H3,(H,20,21). The van der Waals surface area contributed by atoms with Gasteiger partial charge in [0.05, 0.1) is 14.2 Å². The number of hydrogen-bond acceptors (Lipinski definition) is 3. The molecule has 1 atom stereocenters. The molecule has 4 nitrogen and oxygen atoms in total. The molecule has 1 N–H and O–H groups in total. The lowest BCUT2D eigenvalue weighted by atomic mass is 9.94. The van der Waals surface area contributed by atoms with Gasteiger partial charge in [-0.1, -0.05) is 37.3 Å². The highest BCUT2D eigenvalue weighted by atomic mass is 35.5. The Morgan fingerprint density at radius 3 is 2.13 bits per heavy atom. The molecule has 0 fully saturated rings. The second-order valence-corrected chi connectivity index (χ2v) is 5.72. The Morgan fingerprint density at radius 2 is 1.65 bits per heavy atom. The van der Waals surface area contributed by atoms with Crippen molar-refractivity contribution in [2.24, 2.45) is 0 Å². The van der Waals surface area contributed by atoms with Gasteiger partial charge in [-0.2, -0.15) is 0 Å². The highest BCUT2D eigenvalue weighted by Crippen LogP contribution is 2.35. The first-order valence-electron chi connectivity index (χ1n) is 7.32. The van der Waals surface area contributed by atoms with Crippen molar-refractivity contribution in [3.63, 3.8) is 0 Å². The van der Waals surface area contributed by atoms with Crippen LogP contribution in [0.2, 0.25) is 0 Å². The van der Waals surface area contributed by atoms with Gasteiger partial charge in [-0.15, -0.1) is 11.6 Å². The van der Waals surface area contributed by atoms with E-state index in [1.54, 1.807) is 32.4 Å². The number of amides is 1. The minimum absolute atomic E-state index is 0.289. The Bertz CT molecular complexity index is 653. The van der Waals surface area contributed by atoms with E-state index in [9.17, 15) is 4.79 Å². The third-order valence-electron chi connectivity index (χ3n) is 3.69. The second-order valence-electron chi connectivity index (χ2n) is 5.08. The fourth-order valence-corrected chi connectivity index (χ4v) is 2.48. The zero-order valence-electron chi connectivity index (χ0n) is 13.4. The number of anilines is 1. The average Bonchev–Trinajstić information content (AvgIpc) is 2.61. The fraction of sp³-hybridized carbons (Fsp3) is 0.278. The lowest BCUT2D eigenvalue weighted by Gasteiger charge is -2.25. The Labute approximate surface area is 141 Å². The molecule has 2 rings (SSSR count). The largest absolute Gasteiger partial charge is 0.497 e. The van der Waals surface area contributed by atoms with Crippen LogP contribution in [0.5, 0.6) is 11.5 Å². The third-order valence-corrected chi connectivity index (χ3v) is 4.34. The smallest absolute Gasteiger partial charge is 0.250 e. The summed E-state index contributed by atoms with van der Waals surface area (Å²) in [7, 11) is 3.12. The number of carbonyl (C=O) groups excluding carboxylic acids is 1. The summed E-state index contributed by atoms with van der Waals surface area (Å²) in [6.45, 7) is 1.88. The summed E-state index contributed by atoms with van der Waals surface area (Å²) in [6, 6.07) is 14.5. The van der Waals surface area contributed by atoms with Crippen LogP contribution in [0.25, 0.3) is 0 Å². The minimum atomic E-state index is -1.13.